The second-order valence-electron chi connectivity index (χ2n) is 8.80. The average molecular weight is 532 g/mol. The van der Waals surface area contributed by atoms with Gasteiger partial charge in [0, 0.05) is 16.9 Å². The number of hydrogen-bond donors (Lipinski definition) is 2. The van der Waals surface area contributed by atoms with Gasteiger partial charge in [0.2, 0.25) is 0 Å². The zero-order valence-corrected chi connectivity index (χ0v) is 21.9. The molecule has 0 unspecified atom stereocenters. The lowest BCUT2D eigenvalue weighted by atomic mass is 10.1. The molecule has 0 bridgehead atoms. The summed E-state index contributed by atoms with van der Waals surface area (Å²) in [5.41, 5.74) is 3.64. The van der Waals surface area contributed by atoms with Gasteiger partial charge in [0.1, 0.15) is 10.7 Å². The van der Waals surface area contributed by atoms with Crippen LogP contribution in [-0.4, -0.2) is 30.3 Å². The number of benzene rings is 3. The number of ether oxygens (including phenoxy) is 1. The van der Waals surface area contributed by atoms with Gasteiger partial charge in [-0.2, -0.15) is 0 Å². The Morgan fingerprint density at radius 3 is 2.34 bits per heavy atom. The normalized spacial score (nSPS) is 13.1. The smallest absolute Gasteiger partial charge is 0.338 e. The third kappa shape index (κ3) is 5.60. The molecule has 0 fully saturated rings. The number of hydrogen-bond acceptors (Lipinski definition) is 6. The summed E-state index contributed by atoms with van der Waals surface area (Å²) in [7, 11) is 0. The van der Waals surface area contributed by atoms with Crippen LogP contribution in [0.4, 0.5) is 17.1 Å². The summed E-state index contributed by atoms with van der Waals surface area (Å²) < 4.78 is 5.11. The fraction of sp³-hybridized carbons (Fsp3) is 0.172. The van der Waals surface area contributed by atoms with Gasteiger partial charge in [-0.05, 0) is 79.9 Å². The SMILES string of the molecule is CCCOC(=O)c1ccc(NC(=O)c2cccc(NC3=C(Cl)C(=O)N(c4cc(C)ccc4C)C3=O)c2)cc1. The number of carbonyl (C=O) groups is 4. The van der Waals surface area contributed by atoms with Crippen molar-refractivity contribution in [3.63, 3.8) is 0 Å². The Morgan fingerprint density at radius 2 is 1.63 bits per heavy atom. The van der Waals surface area contributed by atoms with Crippen molar-refractivity contribution in [3.05, 3.63) is 99.7 Å². The van der Waals surface area contributed by atoms with Crippen LogP contribution in [0, 0.1) is 13.8 Å². The Balaban J connectivity index is 1.47. The van der Waals surface area contributed by atoms with Gasteiger partial charge in [0.15, 0.2) is 0 Å². The summed E-state index contributed by atoms with van der Waals surface area (Å²) in [6.45, 7) is 5.93. The van der Waals surface area contributed by atoms with E-state index in [4.69, 9.17) is 16.3 Å². The van der Waals surface area contributed by atoms with Gasteiger partial charge >= 0.3 is 5.97 Å². The number of nitrogens with one attached hydrogen (secondary N) is 2. The van der Waals surface area contributed by atoms with E-state index in [-0.39, 0.29) is 10.7 Å². The molecule has 0 aliphatic carbocycles. The van der Waals surface area contributed by atoms with Crippen LogP contribution in [0.2, 0.25) is 0 Å². The van der Waals surface area contributed by atoms with Crippen molar-refractivity contribution in [2.24, 2.45) is 0 Å². The number of esters is 1. The number of rotatable bonds is 8. The zero-order chi connectivity index (χ0) is 27.4. The molecule has 9 heteroatoms. The van der Waals surface area contributed by atoms with Crippen molar-refractivity contribution < 1.29 is 23.9 Å². The van der Waals surface area contributed by atoms with Gasteiger partial charge in [0.25, 0.3) is 17.7 Å². The minimum absolute atomic E-state index is 0.0688. The van der Waals surface area contributed by atoms with Crippen LogP contribution in [0.25, 0.3) is 0 Å². The van der Waals surface area contributed by atoms with E-state index in [0.29, 0.717) is 34.8 Å². The summed E-state index contributed by atoms with van der Waals surface area (Å²) in [5.74, 6) is -2.03. The number of nitrogens with zero attached hydrogens (tertiary/aromatic N) is 1. The number of carbonyl (C=O) groups excluding carboxylic acids is 4. The van der Waals surface area contributed by atoms with E-state index in [2.05, 4.69) is 10.6 Å². The van der Waals surface area contributed by atoms with Crippen LogP contribution >= 0.6 is 11.6 Å². The van der Waals surface area contributed by atoms with Crippen molar-refractivity contribution in [1.29, 1.82) is 0 Å². The van der Waals surface area contributed by atoms with Gasteiger partial charge in [-0.1, -0.05) is 36.7 Å². The van der Waals surface area contributed by atoms with Crippen LogP contribution in [0.5, 0.6) is 0 Å². The Labute approximate surface area is 225 Å². The maximum absolute atomic E-state index is 13.2. The first kappa shape index (κ1) is 26.6. The first-order valence-electron chi connectivity index (χ1n) is 12.0. The lowest BCUT2D eigenvalue weighted by Gasteiger charge is -2.18. The fourth-order valence-electron chi connectivity index (χ4n) is 3.84. The molecule has 0 saturated carbocycles. The zero-order valence-electron chi connectivity index (χ0n) is 21.1. The van der Waals surface area contributed by atoms with Crippen LogP contribution in [0.15, 0.2) is 77.5 Å². The molecule has 3 aromatic carbocycles. The summed E-state index contributed by atoms with van der Waals surface area (Å²) in [6.07, 6.45) is 0.729. The first-order valence-corrected chi connectivity index (χ1v) is 12.4. The molecule has 1 aliphatic rings. The molecular formula is C29H26ClN3O5. The van der Waals surface area contributed by atoms with Crippen LogP contribution < -0.4 is 15.5 Å². The molecule has 194 valence electrons. The van der Waals surface area contributed by atoms with Crippen molar-refractivity contribution in [3.8, 4) is 0 Å². The van der Waals surface area contributed by atoms with Crippen molar-refractivity contribution in [2.45, 2.75) is 27.2 Å². The molecule has 3 amide bonds. The van der Waals surface area contributed by atoms with Crippen molar-refractivity contribution in [1.82, 2.24) is 0 Å². The minimum atomic E-state index is -0.621. The first-order chi connectivity index (χ1) is 18.2. The maximum atomic E-state index is 13.2. The van der Waals surface area contributed by atoms with E-state index >= 15 is 0 Å². The van der Waals surface area contributed by atoms with E-state index in [1.165, 1.54) is 0 Å². The van der Waals surface area contributed by atoms with E-state index in [0.717, 1.165) is 22.4 Å². The quantitative estimate of drug-likeness (QED) is 0.291. The van der Waals surface area contributed by atoms with E-state index in [9.17, 15) is 19.2 Å². The molecule has 0 saturated heterocycles. The van der Waals surface area contributed by atoms with E-state index in [1.54, 1.807) is 54.6 Å². The number of imide groups is 1. The highest BCUT2D eigenvalue weighted by Crippen LogP contribution is 2.32. The highest BCUT2D eigenvalue weighted by molar-refractivity contribution is 6.53. The molecule has 3 aromatic rings. The predicted molar refractivity (Wildman–Crippen MR) is 146 cm³/mol. The van der Waals surface area contributed by atoms with Gasteiger partial charge in [0.05, 0.1) is 17.9 Å². The number of anilines is 3. The Hall–Kier alpha value is -4.43. The Morgan fingerprint density at radius 1 is 0.895 bits per heavy atom. The predicted octanol–water partition coefficient (Wildman–Crippen LogP) is 5.56. The molecule has 1 heterocycles. The molecule has 0 atom stereocenters. The van der Waals surface area contributed by atoms with Crippen molar-refractivity contribution in [2.75, 3.05) is 22.1 Å². The number of amides is 3. The van der Waals surface area contributed by atoms with Gasteiger partial charge in [-0.25, -0.2) is 9.69 Å². The lowest BCUT2D eigenvalue weighted by molar-refractivity contribution is -0.120. The topological polar surface area (TPSA) is 105 Å². The fourth-order valence-corrected chi connectivity index (χ4v) is 4.06. The second-order valence-corrected chi connectivity index (χ2v) is 9.18. The monoisotopic (exact) mass is 531 g/mol. The van der Waals surface area contributed by atoms with Crippen LogP contribution in [0.1, 0.15) is 45.2 Å². The lowest BCUT2D eigenvalue weighted by Crippen LogP contribution is -2.33. The largest absolute Gasteiger partial charge is 0.462 e. The van der Waals surface area contributed by atoms with Gasteiger partial charge < -0.3 is 15.4 Å². The third-order valence-electron chi connectivity index (χ3n) is 5.84. The van der Waals surface area contributed by atoms with E-state index in [1.807, 2.05) is 32.9 Å². The highest BCUT2D eigenvalue weighted by Gasteiger charge is 2.39. The molecule has 2 N–H and O–H groups in total. The highest BCUT2D eigenvalue weighted by atomic mass is 35.5. The molecule has 8 nitrogen and oxygen atoms in total. The number of halogens is 1. The molecule has 38 heavy (non-hydrogen) atoms. The molecule has 0 aromatic heterocycles. The maximum Gasteiger partial charge on any atom is 0.338 e. The Bertz CT molecular complexity index is 1460. The minimum Gasteiger partial charge on any atom is -0.462 e. The van der Waals surface area contributed by atoms with Crippen LogP contribution in [-0.2, 0) is 14.3 Å². The van der Waals surface area contributed by atoms with Crippen molar-refractivity contribution >= 4 is 52.4 Å². The van der Waals surface area contributed by atoms with Crippen LogP contribution in [0.3, 0.4) is 0 Å². The summed E-state index contributed by atoms with van der Waals surface area (Å²) >= 11 is 6.28. The summed E-state index contributed by atoms with van der Waals surface area (Å²) in [4.78, 5) is 51.9. The summed E-state index contributed by atoms with van der Waals surface area (Å²) in [5, 5.41) is 5.44. The second kappa shape index (κ2) is 11.3. The molecule has 4 rings (SSSR count). The van der Waals surface area contributed by atoms with E-state index < -0.39 is 23.7 Å². The standard InChI is InChI=1S/C29H26ClN3O5/c1-4-14-38-29(37)19-10-12-21(13-11-19)32-26(34)20-6-5-7-22(16-20)31-25-24(30)27(35)33(28(25)36)23-15-17(2)8-9-18(23)3/h5-13,15-16,31H,4,14H2,1-3H3,(H,32,34). The van der Waals surface area contributed by atoms with Gasteiger partial charge in [-0.15, -0.1) is 0 Å². The number of aryl methyl sites for hydroxylation is 2. The molecule has 1 aliphatic heterocycles. The average Bonchev–Trinajstić information content (AvgIpc) is 3.12. The third-order valence-corrected chi connectivity index (χ3v) is 6.19. The Kier molecular flexibility index (Phi) is 7.93. The molecule has 0 radical (unpaired) electrons. The van der Waals surface area contributed by atoms with Gasteiger partial charge in [-0.3, -0.25) is 14.4 Å². The molecular weight excluding hydrogens is 506 g/mol. The molecule has 0 spiro atoms. The summed E-state index contributed by atoms with van der Waals surface area (Å²) in [6, 6.07) is 18.3.